The lowest BCUT2D eigenvalue weighted by Gasteiger charge is -2.34. The first-order valence-corrected chi connectivity index (χ1v) is 5.63. The van der Waals surface area contributed by atoms with Gasteiger partial charge in [0.1, 0.15) is 0 Å². The van der Waals surface area contributed by atoms with Crippen LogP contribution in [0.3, 0.4) is 0 Å². The Morgan fingerprint density at radius 1 is 1.00 bits per heavy atom. The van der Waals surface area contributed by atoms with Gasteiger partial charge in [-0.05, 0) is 17.3 Å². The van der Waals surface area contributed by atoms with Crippen LogP contribution in [0.1, 0.15) is 20.8 Å². The van der Waals surface area contributed by atoms with E-state index >= 15 is 0 Å². The van der Waals surface area contributed by atoms with Gasteiger partial charge < -0.3 is 4.18 Å². The van der Waals surface area contributed by atoms with Crippen molar-refractivity contribution in [2.24, 2.45) is 0 Å². The van der Waals surface area contributed by atoms with Crippen molar-refractivity contribution < 1.29 is 4.18 Å². The first-order valence-electron chi connectivity index (χ1n) is 3.56. The summed E-state index contributed by atoms with van der Waals surface area (Å²) in [5.74, 6) is 3.61. The summed E-state index contributed by atoms with van der Waals surface area (Å²) in [6.45, 7) is 6.64. The minimum absolute atomic E-state index is 0.648. The van der Waals surface area contributed by atoms with E-state index in [1.54, 1.807) is 0 Å². The van der Waals surface area contributed by atoms with E-state index in [1.165, 1.54) is 17.3 Å². The van der Waals surface area contributed by atoms with Gasteiger partial charge in [0.05, 0.1) is 0 Å². The normalized spacial score (nSPS) is 13.8. The molecule has 0 aliphatic heterocycles. The van der Waals surface area contributed by atoms with E-state index in [0.717, 1.165) is 0 Å². The van der Waals surface area contributed by atoms with Crippen LogP contribution in [-0.4, -0.2) is 24.4 Å². The van der Waals surface area contributed by atoms with Crippen LogP contribution in [-0.2, 0) is 4.18 Å². The van der Waals surface area contributed by atoms with Gasteiger partial charge in [-0.2, -0.15) is 0 Å². The van der Waals surface area contributed by atoms with Crippen LogP contribution in [0.15, 0.2) is 0 Å². The number of rotatable bonds is 4. The van der Waals surface area contributed by atoms with Gasteiger partial charge >= 0.3 is 0 Å². The van der Waals surface area contributed by atoms with Gasteiger partial charge in [0.15, 0.2) is 0 Å². The molecule has 0 spiro atoms. The van der Waals surface area contributed by atoms with Crippen LogP contribution in [0, 0.1) is 0 Å². The quantitative estimate of drug-likeness (QED) is 0.598. The highest BCUT2D eigenvalue weighted by Gasteiger charge is 2.14. The zero-order valence-corrected chi connectivity index (χ0v) is 7.75. The Morgan fingerprint density at radius 2 is 1.33 bits per heavy atom. The minimum atomic E-state index is -0.648. The van der Waals surface area contributed by atoms with Crippen LogP contribution in [0.25, 0.3) is 0 Å². The van der Waals surface area contributed by atoms with Crippen LogP contribution >= 0.6 is 10.3 Å². The fourth-order valence-corrected chi connectivity index (χ4v) is 2.90. The number of hydrogen-bond acceptors (Lipinski definition) is 1. The Kier molecular flexibility index (Phi) is 4.32. The van der Waals surface area contributed by atoms with Crippen molar-refractivity contribution in [3.63, 3.8) is 0 Å². The lowest BCUT2D eigenvalue weighted by molar-refractivity contribution is 0.465. The summed E-state index contributed by atoms with van der Waals surface area (Å²) < 4.78 is 5.47. The van der Waals surface area contributed by atoms with Crippen LogP contribution in [0.4, 0.5) is 0 Å². The molecule has 0 aromatic carbocycles. The zero-order valence-electron chi connectivity index (χ0n) is 6.94. The molecule has 0 unspecified atom stereocenters. The van der Waals surface area contributed by atoms with Crippen molar-refractivity contribution in [3.8, 4) is 0 Å². The van der Waals surface area contributed by atoms with Crippen molar-refractivity contribution in [3.05, 3.63) is 0 Å². The largest absolute Gasteiger partial charge is 0.340 e. The molecule has 0 amide bonds. The first-order chi connectivity index (χ1) is 4.24. The lowest BCUT2D eigenvalue weighted by Crippen LogP contribution is -2.09. The highest BCUT2D eigenvalue weighted by Crippen LogP contribution is 2.46. The molecule has 0 fully saturated rings. The van der Waals surface area contributed by atoms with E-state index in [2.05, 4.69) is 20.8 Å². The van der Waals surface area contributed by atoms with E-state index in [9.17, 15) is 0 Å². The highest BCUT2D eigenvalue weighted by atomic mass is 32.3. The van der Waals surface area contributed by atoms with Crippen LogP contribution in [0.2, 0.25) is 0 Å². The van der Waals surface area contributed by atoms with E-state index in [4.69, 9.17) is 4.18 Å². The Balaban J connectivity index is 3.82. The van der Waals surface area contributed by atoms with Crippen molar-refractivity contribution >= 4 is 10.3 Å². The Morgan fingerprint density at radius 3 is 1.33 bits per heavy atom. The summed E-state index contributed by atoms with van der Waals surface area (Å²) in [4.78, 5) is 0. The summed E-state index contributed by atoms with van der Waals surface area (Å²) in [5, 5.41) is 0. The zero-order chi connectivity index (χ0) is 7.33. The van der Waals surface area contributed by atoms with Gasteiger partial charge in [-0.1, -0.05) is 20.8 Å². The molecule has 0 radical (unpaired) electrons. The monoisotopic (exact) mass is 150 g/mol. The average molecular weight is 150 g/mol. The summed E-state index contributed by atoms with van der Waals surface area (Å²) in [6.07, 6.45) is 0. The first kappa shape index (κ1) is 9.31. The molecule has 9 heavy (non-hydrogen) atoms. The molecule has 0 rings (SSSR count). The van der Waals surface area contributed by atoms with E-state index < -0.39 is 10.3 Å². The average Bonchev–Trinajstić information content (AvgIpc) is 1.95. The maximum atomic E-state index is 5.47. The molecule has 0 saturated heterocycles. The Hall–Kier alpha value is 0.310. The standard InChI is InChI=1S/C7H18OS/c1-5-9(6-2,7-3)8-4/h5-7H2,1-4H3. The maximum absolute atomic E-state index is 5.47. The van der Waals surface area contributed by atoms with E-state index in [0.29, 0.717) is 0 Å². The van der Waals surface area contributed by atoms with Gasteiger partial charge in [0.2, 0.25) is 0 Å². The van der Waals surface area contributed by atoms with Crippen molar-refractivity contribution in [2.75, 3.05) is 24.4 Å². The fraction of sp³-hybridized carbons (Fsp3) is 1.00. The summed E-state index contributed by atoms with van der Waals surface area (Å²) in [7, 11) is 1.19. The topological polar surface area (TPSA) is 9.23 Å². The molecule has 0 aliphatic carbocycles. The van der Waals surface area contributed by atoms with E-state index in [1.807, 2.05) is 7.11 Å². The molecule has 0 aromatic rings. The molecule has 0 bridgehead atoms. The van der Waals surface area contributed by atoms with Gasteiger partial charge in [-0.25, -0.2) is 0 Å². The third kappa shape index (κ3) is 2.18. The smallest absolute Gasteiger partial charge is 0.0482 e. The molecule has 58 valence electrons. The number of hydrogen-bond donors (Lipinski definition) is 0. The van der Waals surface area contributed by atoms with Gasteiger partial charge in [-0.15, -0.1) is 10.3 Å². The van der Waals surface area contributed by atoms with Crippen molar-refractivity contribution in [2.45, 2.75) is 20.8 Å². The molecule has 0 N–H and O–H groups in total. The fourth-order valence-electron chi connectivity index (χ4n) is 0.966. The third-order valence-electron chi connectivity index (χ3n) is 1.93. The summed E-state index contributed by atoms with van der Waals surface area (Å²) >= 11 is 0. The molecule has 0 aromatic heterocycles. The molecule has 1 nitrogen and oxygen atoms in total. The Labute approximate surface area is 60.3 Å². The second-order valence-electron chi connectivity index (χ2n) is 2.00. The second-order valence-corrected chi connectivity index (χ2v) is 6.00. The van der Waals surface area contributed by atoms with Crippen molar-refractivity contribution in [1.29, 1.82) is 0 Å². The predicted octanol–water partition coefficient (Wildman–Crippen LogP) is 2.41. The van der Waals surface area contributed by atoms with Gasteiger partial charge in [0.25, 0.3) is 0 Å². The molecule has 0 atom stereocenters. The molecular weight excluding hydrogens is 132 g/mol. The minimum Gasteiger partial charge on any atom is -0.340 e. The highest BCUT2D eigenvalue weighted by molar-refractivity contribution is 8.29. The second kappa shape index (κ2) is 4.18. The van der Waals surface area contributed by atoms with E-state index in [-0.39, 0.29) is 0 Å². The predicted molar refractivity (Wildman–Crippen MR) is 46.2 cm³/mol. The molecular formula is C7H18OS. The van der Waals surface area contributed by atoms with Crippen LogP contribution < -0.4 is 0 Å². The summed E-state index contributed by atoms with van der Waals surface area (Å²) in [5.41, 5.74) is 0. The SMILES string of the molecule is CCS(CC)(CC)OC. The maximum Gasteiger partial charge on any atom is 0.0482 e. The van der Waals surface area contributed by atoms with Gasteiger partial charge in [-0.3, -0.25) is 0 Å². The van der Waals surface area contributed by atoms with Crippen molar-refractivity contribution in [1.82, 2.24) is 0 Å². The third-order valence-corrected chi connectivity index (χ3v) is 5.80. The molecule has 2 heteroatoms. The summed E-state index contributed by atoms with van der Waals surface area (Å²) in [6, 6.07) is 0. The molecule has 0 aliphatic rings. The molecule has 0 saturated carbocycles. The Bertz CT molecular complexity index is 51.8. The van der Waals surface area contributed by atoms with Gasteiger partial charge in [0, 0.05) is 7.11 Å². The van der Waals surface area contributed by atoms with Crippen LogP contribution in [0.5, 0.6) is 0 Å². The molecule has 0 heterocycles. The lowest BCUT2D eigenvalue weighted by atomic mass is 10.9.